The summed E-state index contributed by atoms with van der Waals surface area (Å²) in [6, 6.07) is 5.81. The molecule has 21 heavy (non-hydrogen) atoms. The average Bonchev–Trinajstić information content (AvgIpc) is 2.96. The van der Waals surface area contributed by atoms with Gasteiger partial charge < -0.3 is 10.6 Å². The molecule has 1 aromatic carbocycles. The maximum Gasteiger partial charge on any atom is 0.224 e. The van der Waals surface area contributed by atoms with E-state index in [1.54, 1.807) is 6.20 Å². The molecule has 0 bridgehead atoms. The maximum atomic E-state index is 12.1. The second-order valence-electron chi connectivity index (χ2n) is 5.42. The highest BCUT2D eigenvalue weighted by Gasteiger charge is 2.15. The minimum atomic E-state index is 0. The number of anilines is 1. The summed E-state index contributed by atoms with van der Waals surface area (Å²) in [4.78, 5) is 12.1. The molecule has 114 valence electrons. The summed E-state index contributed by atoms with van der Waals surface area (Å²) in [5.41, 5.74) is 1.71. The number of benzene rings is 1. The highest BCUT2D eigenvalue weighted by molar-refractivity contribution is 6.00. The lowest BCUT2D eigenvalue weighted by molar-refractivity contribution is -0.116. The average molecular weight is 309 g/mol. The number of nitrogens with zero attached hydrogens (tertiary/aromatic N) is 1. The maximum absolute atomic E-state index is 12.1. The minimum Gasteiger partial charge on any atom is -0.324 e. The molecule has 1 fully saturated rings. The number of rotatable bonds is 4. The van der Waals surface area contributed by atoms with E-state index in [0.717, 1.165) is 36.1 Å². The Kier molecular flexibility index (Phi) is 5.59. The van der Waals surface area contributed by atoms with Gasteiger partial charge >= 0.3 is 0 Å². The van der Waals surface area contributed by atoms with Gasteiger partial charge in [-0.05, 0) is 44.3 Å². The molecule has 0 spiro atoms. The molecule has 5 nitrogen and oxygen atoms in total. The second-order valence-corrected chi connectivity index (χ2v) is 5.42. The molecule has 3 N–H and O–H groups in total. The number of H-pyrrole nitrogens is 1. The van der Waals surface area contributed by atoms with Crippen LogP contribution in [0.2, 0.25) is 0 Å². The Labute approximate surface area is 130 Å². The van der Waals surface area contributed by atoms with Gasteiger partial charge in [-0.25, -0.2) is 0 Å². The summed E-state index contributed by atoms with van der Waals surface area (Å²) in [7, 11) is 0. The van der Waals surface area contributed by atoms with Gasteiger partial charge in [0.2, 0.25) is 5.91 Å². The molecule has 1 aliphatic heterocycles. The first-order valence-corrected chi connectivity index (χ1v) is 7.25. The molecule has 0 radical (unpaired) electrons. The van der Waals surface area contributed by atoms with Gasteiger partial charge in [-0.15, -0.1) is 12.4 Å². The number of amides is 1. The smallest absolute Gasteiger partial charge is 0.224 e. The number of nitrogens with one attached hydrogen (secondary N) is 3. The number of halogens is 1. The van der Waals surface area contributed by atoms with Crippen LogP contribution in [0.1, 0.15) is 25.7 Å². The van der Waals surface area contributed by atoms with Crippen molar-refractivity contribution in [3.8, 4) is 0 Å². The van der Waals surface area contributed by atoms with Crippen LogP contribution in [-0.2, 0) is 4.79 Å². The van der Waals surface area contributed by atoms with Crippen LogP contribution in [0, 0.1) is 5.92 Å². The summed E-state index contributed by atoms with van der Waals surface area (Å²) >= 11 is 0. The van der Waals surface area contributed by atoms with Crippen LogP contribution in [0.25, 0.3) is 10.9 Å². The zero-order chi connectivity index (χ0) is 13.8. The highest BCUT2D eigenvalue weighted by Crippen LogP contribution is 2.22. The lowest BCUT2D eigenvalue weighted by atomic mass is 9.93. The van der Waals surface area contributed by atoms with Crippen molar-refractivity contribution in [3.05, 3.63) is 24.4 Å². The molecular formula is C15H21ClN4O. The molecule has 1 aliphatic rings. The Morgan fingerprint density at radius 1 is 1.33 bits per heavy atom. The van der Waals surface area contributed by atoms with Gasteiger partial charge in [0.15, 0.2) is 0 Å². The fraction of sp³-hybridized carbons (Fsp3) is 0.467. The van der Waals surface area contributed by atoms with E-state index in [1.165, 1.54) is 12.8 Å². The zero-order valence-corrected chi connectivity index (χ0v) is 12.7. The molecule has 0 atom stereocenters. The van der Waals surface area contributed by atoms with E-state index in [1.807, 2.05) is 18.2 Å². The highest BCUT2D eigenvalue weighted by atomic mass is 35.5. The van der Waals surface area contributed by atoms with Crippen LogP contribution in [-0.4, -0.2) is 29.2 Å². The number of carbonyl (C=O) groups excluding carboxylic acids is 1. The third-order valence-corrected chi connectivity index (χ3v) is 3.99. The quantitative estimate of drug-likeness (QED) is 0.813. The predicted molar refractivity (Wildman–Crippen MR) is 86.8 cm³/mol. The number of piperidine rings is 1. The second kappa shape index (κ2) is 7.43. The van der Waals surface area contributed by atoms with Crippen molar-refractivity contribution in [3.63, 3.8) is 0 Å². The monoisotopic (exact) mass is 308 g/mol. The standard InChI is InChI=1S/C15H20N4O.ClH/c20-14(5-4-11-6-8-16-9-7-11)18-13-3-1-2-12-10-17-19-15(12)13;/h1-3,10-11,16H,4-9H2,(H,17,19)(H,18,20);1H. The molecule has 2 aromatic rings. The van der Waals surface area contributed by atoms with Crippen molar-refractivity contribution in [1.29, 1.82) is 0 Å². The van der Waals surface area contributed by atoms with Gasteiger partial charge in [0.1, 0.15) is 0 Å². The molecule has 0 saturated carbocycles. The molecule has 0 unspecified atom stereocenters. The Morgan fingerprint density at radius 3 is 2.95 bits per heavy atom. The van der Waals surface area contributed by atoms with Crippen molar-refractivity contribution in [2.24, 2.45) is 5.92 Å². The normalized spacial score (nSPS) is 15.6. The summed E-state index contributed by atoms with van der Waals surface area (Å²) in [5, 5.41) is 14.3. The van der Waals surface area contributed by atoms with E-state index in [9.17, 15) is 4.79 Å². The Balaban J connectivity index is 0.00000161. The first-order chi connectivity index (χ1) is 9.83. The third kappa shape index (κ3) is 3.95. The molecular weight excluding hydrogens is 288 g/mol. The fourth-order valence-corrected chi connectivity index (χ4v) is 2.79. The van der Waals surface area contributed by atoms with E-state index in [4.69, 9.17) is 0 Å². The molecule has 3 rings (SSSR count). The number of aromatic nitrogens is 2. The van der Waals surface area contributed by atoms with Gasteiger partial charge in [-0.2, -0.15) is 5.10 Å². The van der Waals surface area contributed by atoms with Crippen LogP contribution in [0.15, 0.2) is 24.4 Å². The van der Waals surface area contributed by atoms with E-state index < -0.39 is 0 Å². The molecule has 6 heteroatoms. The Bertz CT molecular complexity index is 592. The zero-order valence-electron chi connectivity index (χ0n) is 11.9. The van der Waals surface area contributed by atoms with Gasteiger partial charge in [0.25, 0.3) is 0 Å². The number of aromatic amines is 1. The summed E-state index contributed by atoms with van der Waals surface area (Å²) in [5.74, 6) is 0.774. The van der Waals surface area contributed by atoms with Crippen LogP contribution < -0.4 is 10.6 Å². The molecule has 0 aliphatic carbocycles. The number of hydrogen-bond acceptors (Lipinski definition) is 3. The topological polar surface area (TPSA) is 69.8 Å². The van der Waals surface area contributed by atoms with E-state index >= 15 is 0 Å². The first-order valence-electron chi connectivity index (χ1n) is 7.25. The molecule has 1 aromatic heterocycles. The third-order valence-electron chi connectivity index (χ3n) is 3.99. The van der Waals surface area contributed by atoms with Crippen molar-refractivity contribution < 1.29 is 4.79 Å². The van der Waals surface area contributed by atoms with E-state index in [0.29, 0.717) is 12.3 Å². The largest absolute Gasteiger partial charge is 0.324 e. The van der Waals surface area contributed by atoms with Crippen LogP contribution in [0.3, 0.4) is 0 Å². The SMILES string of the molecule is Cl.O=C(CCC1CCNCC1)Nc1cccc2cn[nH]c12. The van der Waals surface area contributed by atoms with E-state index in [2.05, 4.69) is 20.8 Å². The number of para-hydroxylation sites is 1. The van der Waals surface area contributed by atoms with Crippen LogP contribution in [0.4, 0.5) is 5.69 Å². The van der Waals surface area contributed by atoms with Gasteiger partial charge in [-0.1, -0.05) is 12.1 Å². The van der Waals surface area contributed by atoms with Crippen molar-refractivity contribution in [1.82, 2.24) is 15.5 Å². The lowest BCUT2D eigenvalue weighted by Crippen LogP contribution is -2.28. The van der Waals surface area contributed by atoms with Crippen LogP contribution >= 0.6 is 12.4 Å². The van der Waals surface area contributed by atoms with Crippen molar-refractivity contribution in [2.75, 3.05) is 18.4 Å². The number of carbonyl (C=O) groups is 1. The number of fused-ring (bicyclic) bond motifs is 1. The minimum absolute atomic E-state index is 0. The summed E-state index contributed by atoms with van der Waals surface area (Å²) in [6.07, 6.45) is 5.70. The Hall–Kier alpha value is -1.59. The van der Waals surface area contributed by atoms with Gasteiger partial charge in [-0.3, -0.25) is 9.89 Å². The predicted octanol–water partition coefficient (Wildman–Crippen LogP) is 2.70. The molecule has 2 heterocycles. The van der Waals surface area contributed by atoms with E-state index in [-0.39, 0.29) is 18.3 Å². The summed E-state index contributed by atoms with van der Waals surface area (Å²) in [6.45, 7) is 2.17. The molecule has 1 saturated heterocycles. The first kappa shape index (κ1) is 15.8. The lowest BCUT2D eigenvalue weighted by Gasteiger charge is -2.22. The van der Waals surface area contributed by atoms with Crippen LogP contribution in [0.5, 0.6) is 0 Å². The summed E-state index contributed by atoms with van der Waals surface area (Å²) < 4.78 is 0. The van der Waals surface area contributed by atoms with Crippen molar-refractivity contribution in [2.45, 2.75) is 25.7 Å². The Morgan fingerprint density at radius 2 is 2.14 bits per heavy atom. The van der Waals surface area contributed by atoms with Gasteiger partial charge in [0.05, 0.1) is 17.4 Å². The molecule has 1 amide bonds. The van der Waals surface area contributed by atoms with Gasteiger partial charge in [0, 0.05) is 11.8 Å². The fourth-order valence-electron chi connectivity index (χ4n) is 2.79. The van der Waals surface area contributed by atoms with Crippen molar-refractivity contribution >= 4 is 34.9 Å². The number of hydrogen-bond donors (Lipinski definition) is 3.